The first-order valence-corrected chi connectivity index (χ1v) is 7.63. The molecule has 0 radical (unpaired) electrons. The second-order valence-electron chi connectivity index (χ2n) is 5.93. The van der Waals surface area contributed by atoms with Gasteiger partial charge in [0.1, 0.15) is 0 Å². The second-order valence-corrected chi connectivity index (χ2v) is 5.93. The summed E-state index contributed by atoms with van der Waals surface area (Å²) in [6.45, 7) is -0.0802. The van der Waals surface area contributed by atoms with E-state index in [9.17, 15) is 18.3 Å². The Hall–Kier alpha value is -2.80. The van der Waals surface area contributed by atoms with Crippen molar-refractivity contribution < 1.29 is 18.3 Å². The first-order valence-electron chi connectivity index (χ1n) is 7.63. The average molecular weight is 345 g/mol. The maximum atomic E-state index is 12.8. The summed E-state index contributed by atoms with van der Waals surface area (Å²) in [5.41, 5.74) is 2.17. The molecule has 128 valence electrons. The van der Waals surface area contributed by atoms with Crippen molar-refractivity contribution in [1.82, 2.24) is 14.3 Å². The minimum absolute atomic E-state index is 0.0802. The average Bonchev–Trinajstić information content (AvgIpc) is 3.08. The van der Waals surface area contributed by atoms with Crippen LogP contribution in [-0.4, -0.2) is 19.5 Å². The molecule has 0 bridgehead atoms. The summed E-state index contributed by atoms with van der Waals surface area (Å²) in [5, 5.41) is 15.6. The highest BCUT2D eigenvalue weighted by Crippen LogP contribution is 2.34. The van der Waals surface area contributed by atoms with Gasteiger partial charge in [0.15, 0.2) is 5.65 Å². The van der Waals surface area contributed by atoms with Crippen LogP contribution in [0.25, 0.3) is 27.6 Å². The third-order valence-corrected chi connectivity index (χ3v) is 4.25. The molecular formula is C18H14F3N3O. The van der Waals surface area contributed by atoms with Gasteiger partial charge in [-0.2, -0.15) is 18.3 Å². The number of benzene rings is 2. The Kier molecular flexibility index (Phi) is 3.36. The molecule has 0 aliphatic carbocycles. The standard InChI is InChI=1S/C18H14F3N3O/c1-23-9-15-14-8-11(10-25)2-7-16(14)24(17(15)22-23)13-5-3-12(4-6-13)18(19,20)21/h2-9,25H,10H2,1H3. The summed E-state index contributed by atoms with van der Waals surface area (Å²) < 4.78 is 41.9. The van der Waals surface area contributed by atoms with Crippen LogP contribution in [0.3, 0.4) is 0 Å². The summed E-state index contributed by atoms with van der Waals surface area (Å²) in [4.78, 5) is 0. The Morgan fingerprint density at radius 3 is 2.40 bits per heavy atom. The third-order valence-electron chi connectivity index (χ3n) is 4.25. The summed E-state index contributed by atoms with van der Waals surface area (Å²) in [5.74, 6) is 0. The molecule has 4 aromatic rings. The Labute approximate surface area is 140 Å². The van der Waals surface area contributed by atoms with Gasteiger partial charge >= 0.3 is 6.18 Å². The molecule has 4 nitrogen and oxygen atoms in total. The molecule has 4 rings (SSSR count). The van der Waals surface area contributed by atoms with E-state index in [4.69, 9.17) is 0 Å². The van der Waals surface area contributed by atoms with Crippen LogP contribution in [0.1, 0.15) is 11.1 Å². The van der Waals surface area contributed by atoms with Gasteiger partial charge in [-0.1, -0.05) is 6.07 Å². The quantitative estimate of drug-likeness (QED) is 0.596. The van der Waals surface area contributed by atoms with Crippen molar-refractivity contribution in [2.75, 3.05) is 0 Å². The predicted molar refractivity (Wildman–Crippen MR) is 88.5 cm³/mol. The third kappa shape index (κ3) is 2.47. The van der Waals surface area contributed by atoms with Gasteiger partial charge in [0, 0.05) is 29.7 Å². The van der Waals surface area contributed by atoms with Crippen molar-refractivity contribution in [1.29, 1.82) is 0 Å². The maximum absolute atomic E-state index is 12.8. The minimum Gasteiger partial charge on any atom is -0.392 e. The van der Waals surface area contributed by atoms with E-state index in [-0.39, 0.29) is 6.61 Å². The lowest BCUT2D eigenvalue weighted by molar-refractivity contribution is -0.137. The summed E-state index contributed by atoms with van der Waals surface area (Å²) in [6, 6.07) is 10.5. The topological polar surface area (TPSA) is 43.0 Å². The zero-order valence-corrected chi connectivity index (χ0v) is 13.2. The Morgan fingerprint density at radius 1 is 1.04 bits per heavy atom. The van der Waals surface area contributed by atoms with Crippen molar-refractivity contribution in [3.8, 4) is 5.69 Å². The molecular weight excluding hydrogens is 331 g/mol. The fourth-order valence-corrected chi connectivity index (χ4v) is 3.10. The largest absolute Gasteiger partial charge is 0.416 e. The lowest BCUT2D eigenvalue weighted by Crippen LogP contribution is -2.05. The number of aliphatic hydroxyl groups is 1. The highest BCUT2D eigenvalue weighted by Gasteiger charge is 2.30. The molecule has 2 aromatic carbocycles. The Morgan fingerprint density at radius 2 is 1.76 bits per heavy atom. The number of nitrogens with zero attached hydrogens (tertiary/aromatic N) is 3. The summed E-state index contributed by atoms with van der Waals surface area (Å²) in [7, 11) is 1.79. The smallest absolute Gasteiger partial charge is 0.392 e. The first-order chi connectivity index (χ1) is 11.9. The molecule has 0 saturated carbocycles. The van der Waals surface area contributed by atoms with Crippen LogP contribution in [0.2, 0.25) is 0 Å². The van der Waals surface area contributed by atoms with Gasteiger partial charge in [-0.3, -0.25) is 9.25 Å². The van der Waals surface area contributed by atoms with Gasteiger partial charge in [-0.25, -0.2) is 0 Å². The summed E-state index contributed by atoms with van der Waals surface area (Å²) in [6.07, 6.45) is -2.51. The van der Waals surface area contributed by atoms with Crippen molar-refractivity contribution in [2.24, 2.45) is 7.05 Å². The van der Waals surface area contributed by atoms with Gasteiger partial charge in [-0.05, 0) is 42.0 Å². The number of hydrogen-bond acceptors (Lipinski definition) is 2. The number of fused-ring (bicyclic) bond motifs is 3. The fourth-order valence-electron chi connectivity index (χ4n) is 3.10. The predicted octanol–water partition coefficient (Wildman–Crippen LogP) is 4.03. The fraction of sp³-hybridized carbons (Fsp3) is 0.167. The molecule has 0 saturated heterocycles. The van der Waals surface area contributed by atoms with Crippen LogP contribution >= 0.6 is 0 Å². The van der Waals surface area contributed by atoms with Gasteiger partial charge in [0.25, 0.3) is 0 Å². The van der Waals surface area contributed by atoms with Crippen LogP contribution < -0.4 is 0 Å². The number of alkyl halides is 3. The molecule has 0 unspecified atom stereocenters. The van der Waals surface area contributed by atoms with Crippen molar-refractivity contribution in [2.45, 2.75) is 12.8 Å². The number of halogens is 3. The van der Waals surface area contributed by atoms with Crippen molar-refractivity contribution >= 4 is 21.9 Å². The van der Waals surface area contributed by atoms with E-state index in [1.807, 2.05) is 22.9 Å². The second kappa shape index (κ2) is 5.35. The number of aromatic nitrogens is 3. The van der Waals surface area contributed by atoms with E-state index in [1.165, 1.54) is 12.1 Å². The van der Waals surface area contributed by atoms with Crippen LogP contribution in [-0.2, 0) is 19.8 Å². The zero-order chi connectivity index (χ0) is 17.8. The van der Waals surface area contributed by atoms with Crippen LogP contribution in [0, 0.1) is 0 Å². The van der Waals surface area contributed by atoms with E-state index in [0.29, 0.717) is 11.3 Å². The van der Waals surface area contributed by atoms with Crippen LogP contribution in [0.15, 0.2) is 48.7 Å². The number of aryl methyl sites for hydroxylation is 1. The normalized spacial score (nSPS) is 12.4. The highest BCUT2D eigenvalue weighted by atomic mass is 19.4. The lowest BCUT2D eigenvalue weighted by Gasteiger charge is -2.10. The van der Waals surface area contributed by atoms with E-state index >= 15 is 0 Å². The molecule has 0 aliphatic rings. The van der Waals surface area contributed by atoms with E-state index in [0.717, 1.165) is 34.0 Å². The van der Waals surface area contributed by atoms with Gasteiger partial charge in [-0.15, -0.1) is 0 Å². The van der Waals surface area contributed by atoms with Crippen LogP contribution in [0.4, 0.5) is 13.2 Å². The van der Waals surface area contributed by atoms with Gasteiger partial charge in [0.2, 0.25) is 0 Å². The molecule has 7 heteroatoms. The highest BCUT2D eigenvalue weighted by molar-refractivity contribution is 6.08. The first kappa shape index (κ1) is 15.7. The molecule has 0 amide bonds. The molecule has 0 aliphatic heterocycles. The molecule has 0 spiro atoms. The number of aliphatic hydroxyl groups excluding tert-OH is 1. The SMILES string of the molecule is Cn1cc2c3cc(CO)ccc3n(-c3ccc(C(F)(F)F)cc3)c2n1. The number of hydrogen-bond donors (Lipinski definition) is 1. The molecule has 2 aromatic heterocycles. The number of rotatable bonds is 2. The minimum atomic E-state index is -4.37. The Bertz CT molecular complexity index is 1080. The van der Waals surface area contributed by atoms with Crippen molar-refractivity contribution in [3.05, 3.63) is 59.8 Å². The molecule has 2 heterocycles. The van der Waals surface area contributed by atoms with Gasteiger partial charge < -0.3 is 5.11 Å². The Balaban J connectivity index is 1.99. The molecule has 0 atom stereocenters. The zero-order valence-electron chi connectivity index (χ0n) is 13.2. The van der Waals surface area contributed by atoms with Crippen molar-refractivity contribution in [3.63, 3.8) is 0 Å². The molecule has 0 fully saturated rings. The van der Waals surface area contributed by atoms with E-state index in [1.54, 1.807) is 17.8 Å². The molecule has 25 heavy (non-hydrogen) atoms. The summed E-state index contributed by atoms with van der Waals surface area (Å²) >= 11 is 0. The van der Waals surface area contributed by atoms with E-state index in [2.05, 4.69) is 5.10 Å². The van der Waals surface area contributed by atoms with E-state index < -0.39 is 11.7 Å². The van der Waals surface area contributed by atoms with Crippen LogP contribution in [0.5, 0.6) is 0 Å². The molecule has 1 N–H and O–H groups in total. The monoisotopic (exact) mass is 345 g/mol. The lowest BCUT2D eigenvalue weighted by atomic mass is 10.1. The van der Waals surface area contributed by atoms with Gasteiger partial charge in [0.05, 0.1) is 17.7 Å². The maximum Gasteiger partial charge on any atom is 0.416 e.